The van der Waals surface area contributed by atoms with Crippen molar-refractivity contribution in [2.75, 3.05) is 33.9 Å². The fourth-order valence-corrected chi connectivity index (χ4v) is 3.02. The van der Waals surface area contributed by atoms with Gasteiger partial charge >= 0.3 is 0 Å². The lowest BCUT2D eigenvalue weighted by molar-refractivity contribution is 0.165. The fourth-order valence-electron chi connectivity index (χ4n) is 3.02. The fraction of sp³-hybridized carbons (Fsp3) is 0.625. The predicted octanol–water partition coefficient (Wildman–Crippen LogP) is 2.13. The lowest BCUT2D eigenvalue weighted by atomic mass is 10.0. The van der Waals surface area contributed by atoms with Crippen molar-refractivity contribution < 1.29 is 9.47 Å². The molecule has 0 aliphatic heterocycles. The maximum Gasteiger partial charge on any atom is 0.119 e. The van der Waals surface area contributed by atoms with Crippen LogP contribution in [0.1, 0.15) is 19.3 Å². The van der Waals surface area contributed by atoms with Crippen LogP contribution in [0.25, 0.3) is 0 Å². The van der Waals surface area contributed by atoms with E-state index < -0.39 is 0 Å². The summed E-state index contributed by atoms with van der Waals surface area (Å²) in [5.41, 5.74) is 5.84. The molecule has 2 rings (SSSR count). The van der Waals surface area contributed by atoms with Crippen molar-refractivity contribution in [3.63, 3.8) is 0 Å². The third-order valence-corrected chi connectivity index (χ3v) is 4.26. The SMILES string of the molecule is COc1ccc(OCCN(C)C2CCCC2CN)cc1. The zero-order valence-electron chi connectivity index (χ0n) is 12.5. The molecule has 2 atom stereocenters. The van der Waals surface area contributed by atoms with Crippen molar-refractivity contribution in [2.24, 2.45) is 11.7 Å². The van der Waals surface area contributed by atoms with Gasteiger partial charge in [-0.25, -0.2) is 0 Å². The number of nitrogens with two attached hydrogens (primary N) is 1. The van der Waals surface area contributed by atoms with E-state index in [2.05, 4.69) is 11.9 Å². The minimum atomic E-state index is 0.625. The topological polar surface area (TPSA) is 47.7 Å². The molecule has 112 valence electrons. The number of methoxy groups -OCH3 is 1. The lowest BCUT2D eigenvalue weighted by Gasteiger charge is -2.28. The number of rotatable bonds is 7. The van der Waals surface area contributed by atoms with E-state index >= 15 is 0 Å². The normalized spacial score (nSPS) is 22.2. The summed E-state index contributed by atoms with van der Waals surface area (Å²) >= 11 is 0. The van der Waals surface area contributed by atoms with Crippen LogP contribution in [0.3, 0.4) is 0 Å². The van der Waals surface area contributed by atoms with Crippen molar-refractivity contribution in [1.29, 1.82) is 0 Å². The Morgan fingerprint density at radius 3 is 2.55 bits per heavy atom. The van der Waals surface area contributed by atoms with Gasteiger partial charge in [-0.05, 0) is 56.6 Å². The van der Waals surface area contributed by atoms with Gasteiger partial charge in [-0.1, -0.05) is 6.42 Å². The molecule has 0 heterocycles. The van der Waals surface area contributed by atoms with E-state index in [9.17, 15) is 0 Å². The number of hydrogen-bond donors (Lipinski definition) is 1. The molecule has 0 amide bonds. The van der Waals surface area contributed by atoms with E-state index in [1.807, 2.05) is 24.3 Å². The Labute approximate surface area is 121 Å². The minimum absolute atomic E-state index is 0.625. The second kappa shape index (κ2) is 7.50. The van der Waals surface area contributed by atoms with Crippen molar-refractivity contribution in [2.45, 2.75) is 25.3 Å². The first-order valence-electron chi connectivity index (χ1n) is 7.41. The van der Waals surface area contributed by atoms with Crippen LogP contribution < -0.4 is 15.2 Å². The molecule has 4 nitrogen and oxygen atoms in total. The molecule has 1 aromatic carbocycles. The first-order chi connectivity index (χ1) is 9.74. The van der Waals surface area contributed by atoms with Crippen LogP contribution in [0.4, 0.5) is 0 Å². The van der Waals surface area contributed by atoms with Crippen molar-refractivity contribution in [3.8, 4) is 11.5 Å². The molecule has 1 aliphatic rings. The second-order valence-corrected chi connectivity index (χ2v) is 5.50. The van der Waals surface area contributed by atoms with E-state index in [1.165, 1.54) is 19.3 Å². The third-order valence-electron chi connectivity index (χ3n) is 4.26. The van der Waals surface area contributed by atoms with E-state index in [4.69, 9.17) is 15.2 Å². The van der Waals surface area contributed by atoms with Crippen molar-refractivity contribution in [1.82, 2.24) is 4.90 Å². The molecule has 1 aliphatic carbocycles. The monoisotopic (exact) mass is 278 g/mol. The van der Waals surface area contributed by atoms with Crippen molar-refractivity contribution >= 4 is 0 Å². The van der Waals surface area contributed by atoms with Gasteiger partial charge in [0.25, 0.3) is 0 Å². The summed E-state index contributed by atoms with van der Waals surface area (Å²) in [6.07, 6.45) is 3.84. The Hall–Kier alpha value is -1.26. The van der Waals surface area contributed by atoms with Crippen LogP contribution in [0.2, 0.25) is 0 Å². The van der Waals surface area contributed by atoms with Crippen LogP contribution in [0.15, 0.2) is 24.3 Å². The summed E-state index contributed by atoms with van der Waals surface area (Å²) in [4.78, 5) is 2.40. The molecule has 1 saturated carbocycles. The van der Waals surface area contributed by atoms with E-state index in [0.29, 0.717) is 18.6 Å². The molecule has 20 heavy (non-hydrogen) atoms. The highest BCUT2D eigenvalue weighted by Gasteiger charge is 2.28. The van der Waals surface area contributed by atoms with Crippen molar-refractivity contribution in [3.05, 3.63) is 24.3 Å². The highest BCUT2D eigenvalue weighted by molar-refractivity contribution is 5.31. The summed E-state index contributed by atoms with van der Waals surface area (Å²) in [6, 6.07) is 8.34. The van der Waals surface area contributed by atoms with E-state index in [-0.39, 0.29) is 0 Å². The summed E-state index contributed by atoms with van der Waals surface area (Å²) in [6.45, 7) is 2.44. The molecule has 1 fully saturated rings. The molecule has 0 aromatic heterocycles. The van der Waals surface area contributed by atoms with Gasteiger partial charge in [0.05, 0.1) is 7.11 Å². The number of likely N-dealkylation sites (N-methyl/N-ethyl adjacent to an activating group) is 1. The maximum absolute atomic E-state index is 5.84. The zero-order chi connectivity index (χ0) is 14.4. The Kier molecular flexibility index (Phi) is 5.68. The standard InChI is InChI=1S/C16H26N2O2/c1-18(16-5-3-4-13(16)12-17)10-11-20-15-8-6-14(19-2)7-9-15/h6-9,13,16H,3-5,10-12,17H2,1-2H3. The Morgan fingerprint density at radius 2 is 1.90 bits per heavy atom. The van der Waals surface area contributed by atoms with Gasteiger partial charge in [0.2, 0.25) is 0 Å². The van der Waals surface area contributed by atoms with Gasteiger partial charge in [-0.15, -0.1) is 0 Å². The molecule has 2 N–H and O–H groups in total. The largest absolute Gasteiger partial charge is 0.497 e. The van der Waals surface area contributed by atoms with Gasteiger partial charge in [0.1, 0.15) is 18.1 Å². The van der Waals surface area contributed by atoms with Crippen LogP contribution in [-0.4, -0.2) is 44.8 Å². The maximum atomic E-state index is 5.84. The number of benzene rings is 1. The molecule has 0 saturated heterocycles. The molecular formula is C16H26N2O2. The van der Waals surface area contributed by atoms with Gasteiger partial charge in [0.15, 0.2) is 0 Å². The summed E-state index contributed by atoms with van der Waals surface area (Å²) in [5, 5.41) is 0. The Morgan fingerprint density at radius 1 is 1.20 bits per heavy atom. The molecular weight excluding hydrogens is 252 g/mol. The van der Waals surface area contributed by atoms with E-state index in [1.54, 1.807) is 7.11 Å². The summed E-state index contributed by atoms with van der Waals surface area (Å²) in [7, 11) is 3.84. The number of ether oxygens (including phenoxy) is 2. The van der Waals surface area contributed by atoms with Crippen LogP contribution in [-0.2, 0) is 0 Å². The molecule has 0 bridgehead atoms. The number of hydrogen-bond acceptors (Lipinski definition) is 4. The highest BCUT2D eigenvalue weighted by Crippen LogP contribution is 2.28. The van der Waals surface area contributed by atoms with Crippen LogP contribution >= 0.6 is 0 Å². The lowest BCUT2D eigenvalue weighted by Crippen LogP contribution is -2.39. The minimum Gasteiger partial charge on any atom is -0.497 e. The molecule has 2 unspecified atom stereocenters. The first kappa shape index (κ1) is 15.1. The molecule has 1 aromatic rings. The zero-order valence-corrected chi connectivity index (χ0v) is 12.5. The van der Waals surface area contributed by atoms with Gasteiger partial charge in [-0.2, -0.15) is 0 Å². The predicted molar refractivity (Wildman–Crippen MR) is 81.3 cm³/mol. The first-order valence-corrected chi connectivity index (χ1v) is 7.41. The Balaban J connectivity index is 1.74. The quantitative estimate of drug-likeness (QED) is 0.830. The third kappa shape index (κ3) is 3.87. The van der Waals surface area contributed by atoms with Gasteiger partial charge in [0, 0.05) is 12.6 Å². The van der Waals surface area contributed by atoms with Gasteiger partial charge in [-0.3, -0.25) is 4.90 Å². The highest BCUT2D eigenvalue weighted by atomic mass is 16.5. The summed E-state index contributed by atoms with van der Waals surface area (Å²) < 4.78 is 10.9. The smallest absolute Gasteiger partial charge is 0.119 e. The Bertz CT molecular complexity index is 394. The number of nitrogens with zero attached hydrogens (tertiary/aromatic N) is 1. The van der Waals surface area contributed by atoms with Crippen LogP contribution in [0.5, 0.6) is 11.5 Å². The van der Waals surface area contributed by atoms with Crippen LogP contribution in [0, 0.1) is 5.92 Å². The molecule has 0 spiro atoms. The summed E-state index contributed by atoms with van der Waals surface area (Å²) in [5.74, 6) is 2.40. The molecule has 0 radical (unpaired) electrons. The molecule has 4 heteroatoms. The average Bonchev–Trinajstić information content (AvgIpc) is 2.96. The van der Waals surface area contributed by atoms with E-state index in [0.717, 1.165) is 24.6 Å². The van der Waals surface area contributed by atoms with Gasteiger partial charge < -0.3 is 15.2 Å². The second-order valence-electron chi connectivity index (χ2n) is 5.50. The average molecular weight is 278 g/mol.